The number of carboxylic acids is 2. The molecule has 0 aromatic carbocycles. The molecule has 18 heavy (non-hydrogen) atoms. The first kappa shape index (κ1) is 16.4. The maximum Gasteiger partial charge on any atom is 0.331 e. The average molecular weight is 254 g/mol. The molecule has 4 nitrogen and oxygen atoms in total. The number of hydrogen-bond donors (Lipinski definition) is 2. The van der Waals surface area contributed by atoms with Gasteiger partial charge in [-0.2, -0.15) is 0 Å². The van der Waals surface area contributed by atoms with E-state index >= 15 is 0 Å². The summed E-state index contributed by atoms with van der Waals surface area (Å²) in [5, 5.41) is 17.8. The van der Waals surface area contributed by atoms with Gasteiger partial charge < -0.3 is 10.2 Å². The Kier molecular flexibility index (Phi) is 8.62. The van der Waals surface area contributed by atoms with E-state index in [1.54, 1.807) is 0 Å². The molecule has 0 amide bonds. The number of rotatable bonds is 9. The zero-order valence-electron chi connectivity index (χ0n) is 11.1. The second kappa shape index (κ2) is 9.45. The molecule has 0 radical (unpaired) electrons. The van der Waals surface area contributed by atoms with Crippen molar-refractivity contribution in [3.8, 4) is 0 Å². The molecule has 0 aliphatic heterocycles. The zero-order valence-corrected chi connectivity index (χ0v) is 11.1. The summed E-state index contributed by atoms with van der Waals surface area (Å²) in [7, 11) is 0. The predicted octanol–water partition coefficient (Wildman–Crippen LogP) is 3.39. The van der Waals surface area contributed by atoms with Gasteiger partial charge in [0.05, 0.1) is 0 Å². The van der Waals surface area contributed by atoms with Crippen LogP contribution in [0.25, 0.3) is 0 Å². The van der Waals surface area contributed by atoms with Gasteiger partial charge in [0, 0.05) is 11.6 Å². The van der Waals surface area contributed by atoms with Crippen LogP contribution in [0.1, 0.15) is 52.4 Å². The molecule has 0 aromatic heterocycles. The third kappa shape index (κ3) is 6.89. The third-order valence-electron chi connectivity index (χ3n) is 2.65. The van der Waals surface area contributed by atoms with Crippen molar-refractivity contribution in [2.75, 3.05) is 0 Å². The summed E-state index contributed by atoms with van der Waals surface area (Å²) in [6.07, 6.45) is 7.09. The number of hydrogen-bond acceptors (Lipinski definition) is 2. The second-order valence-corrected chi connectivity index (χ2v) is 4.19. The van der Waals surface area contributed by atoms with Crippen LogP contribution in [-0.2, 0) is 9.59 Å². The predicted molar refractivity (Wildman–Crippen MR) is 70.5 cm³/mol. The Morgan fingerprint density at radius 2 is 1.50 bits per heavy atom. The highest BCUT2D eigenvalue weighted by atomic mass is 16.4. The molecule has 4 heteroatoms. The van der Waals surface area contributed by atoms with E-state index in [4.69, 9.17) is 5.11 Å². The fourth-order valence-electron chi connectivity index (χ4n) is 1.63. The highest BCUT2D eigenvalue weighted by molar-refractivity contribution is 5.89. The minimum Gasteiger partial charge on any atom is -0.478 e. The molecule has 0 bridgehead atoms. The molecule has 0 heterocycles. The van der Waals surface area contributed by atoms with E-state index in [0.29, 0.717) is 24.0 Å². The molecule has 0 atom stereocenters. The van der Waals surface area contributed by atoms with Gasteiger partial charge in [-0.05, 0) is 31.3 Å². The van der Waals surface area contributed by atoms with Gasteiger partial charge in [0.2, 0.25) is 0 Å². The van der Waals surface area contributed by atoms with E-state index in [0.717, 1.165) is 31.8 Å². The van der Waals surface area contributed by atoms with Crippen molar-refractivity contribution in [1.82, 2.24) is 0 Å². The molecule has 102 valence electrons. The molecule has 0 rings (SSSR count). The SMILES string of the molecule is CCCCC(/C=C/C(=O)O)=C(/CCCC)C(=O)O. The highest BCUT2D eigenvalue weighted by Gasteiger charge is 2.12. The Morgan fingerprint density at radius 3 is 1.94 bits per heavy atom. The number of carboxylic acid groups (broad SMARTS) is 2. The number of aliphatic carboxylic acids is 2. The van der Waals surface area contributed by atoms with Crippen LogP contribution >= 0.6 is 0 Å². The Balaban J connectivity index is 5.11. The van der Waals surface area contributed by atoms with Crippen molar-refractivity contribution in [3.63, 3.8) is 0 Å². The molecular weight excluding hydrogens is 232 g/mol. The van der Waals surface area contributed by atoms with Crippen molar-refractivity contribution >= 4 is 11.9 Å². The van der Waals surface area contributed by atoms with Crippen LogP contribution in [0.2, 0.25) is 0 Å². The van der Waals surface area contributed by atoms with Gasteiger partial charge in [-0.1, -0.05) is 32.8 Å². The summed E-state index contributed by atoms with van der Waals surface area (Å²) in [5.74, 6) is -1.99. The van der Waals surface area contributed by atoms with E-state index < -0.39 is 11.9 Å². The standard InChI is InChI=1S/C14H22O4/c1-3-5-7-11(9-10-13(15)16)12(14(17)18)8-6-4-2/h9-10H,3-8H2,1-2H3,(H,15,16)(H,17,18)/b10-9+,12-11+. The lowest BCUT2D eigenvalue weighted by molar-refractivity contribution is -0.133. The van der Waals surface area contributed by atoms with E-state index in [1.807, 2.05) is 13.8 Å². The number of unbranched alkanes of at least 4 members (excludes halogenated alkanes) is 2. The topological polar surface area (TPSA) is 74.6 Å². The zero-order chi connectivity index (χ0) is 14.0. The van der Waals surface area contributed by atoms with Gasteiger partial charge in [-0.3, -0.25) is 0 Å². The normalized spacial score (nSPS) is 12.6. The lowest BCUT2D eigenvalue weighted by Crippen LogP contribution is -2.05. The number of carbonyl (C=O) groups is 2. The summed E-state index contributed by atoms with van der Waals surface area (Å²) < 4.78 is 0. The Labute approximate surface area is 108 Å². The summed E-state index contributed by atoms with van der Waals surface area (Å²) in [4.78, 5) is 21.7. The Morgan fingerprint density at radius 1 is 0.944 bits per heavy atom. The van der Waals surface area contributed by atoms with E-state index in [-0.39, 0.29) is 0 Å². The monoisotopic (exact) mass is 254 g/mol. The summed E-state index contributed by atoms with van der Waals surface area (Å²) in [6.45, 7) is 4.02. The van der Waals surface area contributed by atoms with Gasteiger partial charge in [-0.15, -0.1) is 0 Å². The van der Waals surface area contributed by atoms with Crippen LogP contribution in [0.3, 0.4) is 0 Å². The number of allylic oxidation sites excluding steroid dienone is 2. The van der Waals surface area contributed by atoms with Crippen LogP contribution in [-0.4, -0.2) is 22.2 Å². The first-order valence-corrected chi connectivity index (χ1v) is 6.39. The van der Waals surface area contributed by atoms with Gasteiger partial charge in [0.25, 0.3) is 0 Å². The molecule has 0 spiro atoms. The van der Waals surface area contributed by atoms with Gasteiger partial charge in [0.15, 0.2) is 0 Å². The largest absolute Gasteiger partial charge is 0.478 e. The maximum absolute atomic E-state index is 11.2. The Hall–Kier alpha value is -1.58. The molecule has 0 unspecified atom stereocenters. The van der Waals surface area contributed by atoms with Crippen molar-refractivity contribution in [2.24, 2.45) is 0 Å². The molecule has 0 aromatic rings. The van der Waals surface area contributed by atoms with Crippen LogP contribution in [0.15, 0.2) is 23.3 Å². The molecule has 0 fully saturated rings. The van der Waals surface area contributed by atoms with Crippen LogP contribution in [0.5, 0.6) is 0 Å². The highest BCUT2D eigenvalue weighted by Crippen LogP contribution is 2.19. The summed E-state index contributed by atoms with van der Waals surface area (Å²) in [5.41, 5.74) is 0.989. The summed E-state index contributed by atoms with van der Waals surface area (Å²) in [6, 6.07) is 0. The molecular formula is C14H22O4. The quantitative estimate of drug-likeness (QED) is 0.488. The molecule has 2 N–H and O–H groups in total. The third-order valence-corrected chi connectivity index (χ3v) is 2.65. The van der Waals surface area contributed by atoms with E-state index in [2.05, 4.69) is 0 Å². The smallest absolute Gasteiger partial charge is 0.331 e. The van der Waals surface area contributed by atoms with Gasteiger partial charge in [0.1, 0.15) is 0 Å². The fourth-order valence-corrected chi connectivity index (χ4v) is 1.63. The molecule has 0 aliphatic carbocycles. The van der Waals surface area contributed by atoms with Crippen molar-refractivity contribution in [3.05, 3.63) is 23.3 Å². The van der Waals surface area contributed by atoms with Gasteiger partial charge in [-0.25, -0.2) is 9.59 Å². The fraction of sp³-hybridized carbons (Fsp3) is 0.571. The van der Waals surface area contributed by atoms with Crippen molar-refractivity contribution < 1.29 is 19.8 Å². The van der Waals surface area contributed by atoms with E-state index in [1.165, 1.54) is 6.08 Å². The Bertz CT molecular complexity index is 340. The van der Waals surface area contributed by atoms with Crippen LogP contribution in [0.4, 0.5) is 0 Å². The molecule has 0 saturated carbocycles. The van der Waals surface area contributed by atoms with Crippen LogP contribution in [0, 0.1) is 0 Å². The van der Waals surface area contributed by atoms with E-state index in [9.17, 15) is 14.7 Å². The molecule has 0 saturated heterocycles. The first-order chi connectivity index (χ1) is 8.52. The van der Waals surface area contributed by atoms with Gasteiger partial charge >= 0.3 is 11.9 Å². The minimum absolute atomic E-state index is 0.350. The van der Waals surface area contributed by atoms with Crippen molar-refractivity contribution in [2.45, 2.75) is 52.4 Å². The summed E-state index contributed by atoms with van der Waals surface area (Å²) >= 11 is 0. The lowest BCUT2D eigenvalue weighted by atomic mass is 9.97. The minimum atomic E-state index is -1.05. The first-order valence-electron chi connectivity index (χ1n) is 6.39. The maximum atomic E-state index is 11.2. The second-order valence-electron chi connectivity index (χ2n) is 4.19. The van der Waals surface area contributed by atoms with Crippen molar-refractivity contribution in [1.29, 1.82) is 0 Å². The lowest BCUT2D eigenvalue weighted by Gasteiger charge is -2.08. The van der Waals surface area contributed by atoms with Crippen LogP contribution < -0.4 is 0 Å². The molecule has 0 aliphatic rings. The average Bonchev–Trinajstić information content (AvgIpc) is 2.31.